The molecule has 0 aliphatic rings. The molecular formula is C18H23N5O4. The molecule has 0 radical (unpaired) electrons. The average Bonchev–Trinajstić information content (AvgIpc) is 2.86. The molecule has 0 spiro atoms. The Morgan fingerprint density at radius 1 is 1.26 bits per heavy atom. The maximum Gasteiger partial charge on any atom is 0.312 e. The van der Waals surface area contributed by atoms with E-state index in [1.165, 1.54) is 11.6 Å². The Balaban J connectivity index is 2.14. The number of nitrogens with one attached hydrogen (secondary N) is 2. The zero-order valence-electron chi connectivity index (χ0n) is 15.8. The van der Waals surface area contributed by atoms with Gasteiger partial charge in [-0.15, -0.1) is 0 Å². The lowest BCUT2D eigenvalue weighted by Gasteiger charge is -2.12. The topological polar surface area (TPSA) is 119 Å². The predicted molar refractivity (Wildman–Crippen MR) is 101 cm³/mol. The third-order valence-electron chi connectivity index (χ3n) is 3.94. The van der Waals surface area contributed by atoms with Crippen LogP contribution in [0.4, 0.5) is 11.4 Å². The number of benzene rings is 1. The van der Waals surface area contributed by atoms with E-state index >= 15 is 0 Å². The summed E-state index contributed by atoms with van der Waals surface area (Å²) in [6, 6.07) is 6.68. The molecule has 0 fully saturated rings. The van der Waals surface area contributed by atoms with Gasteiger partial charge in [-0.05, 0) is 31.9 Å². The van der Waals surface area contributed by atoms with Gasteiger partial charge in [0.2, 0.25) is 5.91 Å². The van der Waals surface area contributed by atoms with Crippen molar-refractivity contribution in [3.63, 3.8) is 0 Å². The van der Waals surface area contributed by atoms with Crippen molar-refractivity contribution in [3.8, 4) is 0 Å². The normalized spacial score (nSPS) is 10.7. The van der Waals surface area contributed by atoms with Gasteiger partial charge in [0, 0.05) is 6.54 Å². The number of aromatic nitrogens is 2. The molecule has 1 heterocycles. The Morgan fingerprint density at radius 2 is 1.93 bits per heavy atom. The summed E-state index contributed by atoms with van der Waals surface area (Å²) in [6.07, 6.45) is 0. The van der Waals surface area contributed by atoms with Crippen molar-refractivity contribution in [2.75, 3.05) is 11.9 Å². The van der Waals surface area contributed by atoms with Gasteiger partial charge < -0.3 is 10.6 Å². The van der Waals surface area contributed by atoms with Crippen LogP contribution >= 0.6 is 0 Å². The summed E-state index contributed by atoms with van der Waals surface area (Å²) in [5.74, 6) is -0.404. The zero-order chi connectivity index (χ0) is 20.1. The first-order valence-corrected chi connectivity index (χ1v) is 8.56. The molecule has 2 N–H and O–H groups in total. The molecule has 0 aliphatic carbocycles. The van der Waals surface area contributed by atoms with Crippen LogP contribution in [0.5, 0.6) is 0 Å². The van der Waals surface area contributed by atoms with E-state index in [-0.39, 0.29) is 23.8 Å². The van der Waals surface area contributed by atoms with Gasteiger partial charge in [0.25, 0.3) is 5.91 Å². The van der Waals surface area contributed by atoms with Crippen molar-refractivity contribution >= 4 is 23.2 Å². The van der Waals surface area contributed by atoms with E-state index in [0.29, 0.717) is 29.4 Å². The Kier molecular flexibility index (Phi) is 6.27. The van der Waals surface area contributed by atoms with Crippen molar-refractivity contribution < 1.29 is 14.5 Å². The minimum Gasteiger partial charge on any atom is -0.352 e. The van der Waals surface area contributed by atoms with Crippen molar-refractivity contribution in [3.05, 3.63) is 51.3 Å². The third-order valence-corrected chi connectivity index (χ3v) is 3.94. The second-order valence-electron chi connectivity index (χ2n) is 6.63. The van der Waals surface area contributed by atoms with E-state index in [0.717, 1.165) is 0 Å². The second kappa shape index (κ2) is 8.43. The SMILES string of the molecule is Cc1nn(CC(=O)Nc2ccccc2C(=O)NCC(C)C)c(C)c1[N+](=O)[O-]. The van der Waals surface area contributed by atoms with Gasteiger partial charge in [0.1, 0.15) is 17.9 Å². The van der Waals surface area contributed by atoms with Gasteiger partial charge in [0.15, 0.2) is 0 Å². The highest BCUT2D eigenvalue weighted by Crippen LogP contribution is 2.22. The molecule has 2 amide bonds. The smallest absolute Gasteiger partial charge is 0.312 e. The first kappa shape index (κ1) is 20.1. The van der Waals surface area contributed by atoms with Gasteiger partial charge in [-0.2, -0.15) is 5.10 Å². The quantitative estimate of drug-likeness (QED) is 0.571. The van der Waals surface area contributed by atoms with Crippen LogP contribution in [0, 0.1) is 29.9 Å². The van der Waals surface area contributed by atoms with E-state index in [9.17, 15) is 19.7 Å². The number of aryl methyl sites for hydroxylation is 1. The standard InChI is InChI=1S/C18H23N5O4/c1-11(2)9-19-18(25)14-7-5-6-8-15(14)20-16(24)10-22-13(4)17(23(26)27)12(3)21-22/h5-8,11H,9-10H2,1-4H3,(H,19,25)(H,20,24). The Labute approximate surface area is 156 Å². The molecule has 1 aromatic heterocycles. The first-order chi connectivity index (χ1) is 12.7. The van der Waals surface area contributed by atoms with E-state index in [2.05, 4.69) is 15.7 Å². The van der Waals surface area contributed by atoms with Crippen LogP contribution in [0.25, 0.3) is 0 Å². The van der Waals surface area contributed by atoms with Crippen molar-refractivity contribution in [1.82, 2.24) is 15.1 Å². The Bertz CT molecular complexity index is 873. The molecule has 2 aromatic rings. The lowest BCUT2D eigenvalue weighted by Crippen LogP contribution is -2.29. The van der Waals surface area contributed by atoms with Crippen LogP contribution in [0.15, 0.2) is 24.3 Å². The highest BCUT2D eigenvalue weighted by Gasteiger charge is 2.23. The fourth-order valence-electron chi connectivity index (χ4n) is 2.61. The maximum absolute atomic E-state index is 12.4. The minimum absolute atomic E-state index is 0.101. The molecule has 0 saturated carbocycles. The number of nitro groups is 1. The number of anilines is 1. The Hall–Kier alpha value is -3.23. The summed E-state index contributed by atoms with van der Waals surface area (Å²) in [6.45, 7) is 7.37. The maximum atomic E-state index is 12.4. The van der Waals surface area contributed by atoms with E-state index in [1.54, 1.807) is 31.2 Å². The zero-order valence-corrected chi connectivity index (χ0v) is 15.8. The van der Waals surface area contributed by atoms with Gasteiger partial charge in [-0.1, -0.05) is 26.0 Å². The molecule has 27 heavy (non-hydrogen) atoms. The van der Waals surface area contributed by atoms with Crippen LogP contribution in [0.2, 0.25) is 0 Å². The molecule has 0 aliphatic heterocycles. The fraction of sp³-hybridized carbons (Fsp3) is 0.389. The van der Waals surface area contributed by atoms with E-state index < -0.39 is 10.8 Å². The van der Waals surface area contributed by atoms with Gasteiger partial charge in [-0.25, -0.2) is 0 Å². The number of carbonyl (C=O) groups is 2. The molecular weight excluding hydrogens is 350 g/mol. The van der Waals surface area contributed by atoms with E-state index in [4.69, 9.17) is 0 Å². The average molecular weight is 373 g/mol. The molecule has 1 aromatic carbocycles. The Morgan fingerprint density at radius 3 is 2.52 bits per heavy atom. The van der Waals surface area contributed by atoms with E-state index in [1.807, 2.05) is 13.8 Å². The summed E-state index contributed by atoms with van der Waals surface area (Å²) >= 11 is 0. The molecule has 9 heteroatoms. The van der Waals surface area contributed by atoms with Crippen molar-refractivity contribution in [1.29, 1.82) is 0 Å². The summed E-state index contributed by atoms with van der Waals surface area (Å²) < 4.78 is 1.28. The van der Waals surface area contributed by atoms with Crippen LogP contribution < -0.4 is 10.6 Å². The van der Waals surface area contributed by atoms with Crippen LogP contribution in [0.1, 0.15) is 35.6 Å². The lowest BCUT2D eigenvalue weighted by molar-refractivity contribution is -0.386. The fourth-order valence-corrected chi connectivity index (χ4v) is 2.61. The lowest BCUT2D eigenvalue weighted by atomic mass is 10.1. The van der Waals surface area contributed by atoms with Crippen LogP contribution in [0.3, 0.4) is 0 Å². The number of amides is 2. The highest BCUT2D eigenvalue weighted by molar-refractivity contribution is 6.03. The van der Waals surface area contributed by atoms with Crippen molar-refractivity contribution in [2.45, 2.75) is 34.2 Å². The minimum atomic E-state index is -0.513. The molecule has 0 unspecified atom stereocenters. The number of nitrogens with zero attached hydrogens (tertiary/aromatic N) is 3. The number of para-hydroxylation sites is 1. The molecule has 2 rings (SSSR count). The largest absolute Gasteiger partial charge is 0.352 e. The molecule has 0 atom stereocenters. The predicted octanol–water partition coefficient (Wildman–Crippen LogP) is 2.43. The molecule has 144 valence electrons. The van der Waals surface area contributed by atoms with Gasteiger partial charge in [0.05, 0.1) is 16.2 Å². The summed E-state index contributed by atoms with van der Waals surface area (Å²) in [7, 11) is 0. The summed E-state index contributed by atoms with van der Waals surface area (Å²) in [5.41, 5.74) is 1.18. The highest BCUT2D eigenvalue weighted by atomic mass is 16.6. The molecule has 0 bridgehead atoms. The second-order valence-corrected chi connectivity index (χ2v) is 6.63. The first-order valence-electron chi connectivity index (χ1n) is 8.56. The van der Waals surface area contributed by atoms with Gasteiger partial charge >= 0.3 is 5.69 Å². The summed E-state index contributed by atoms with van der Waals surface area (Å²) in [4.78, 5) is 35.3. The molecule has 9 nitrogen and oxygen atoms in total. The van der Waals surface area contributed by atoms with Gasteiger partial charge in [-0.3, -0.25) is 24.4 Å². The van der Waals surface area contributed by atoms with Crippen LogP contribution in [-0.4, -0.2) is 33.1 Å². The third kappa shape index (κ3) is 4.90. The van der Waals surface area contributed by atoms with Crippen molar-refractivity contribution in [2.24, 2.45) is 5.92 Å². The summed E-state index contributed by atoms with van der Waals surface area (Å²) in [5, 5.41) is 20.6. The number of rotatable bonds is 7. The molecule has 0 saturated heterocycles. The number of hydrogen-bond donors (Lipinski definition) is 2. The number of carbonyl (C=O) groups excluding carboxylic acids is 2. The number of hydrogen-bond acceptors (Lipinski definition) is 5. The van der Waals surface area contributed by atoms with Crippen LogP contribution in [-0.2, 0) is 11.3 Å². The monoisotopic (exact) mass is 373 g/mol.